The number of halogens is 1. The highest BCUT2D eigenvalue weighted by Crippen LogP contribution is 2.36. The van der Waals surface area contributed by atoms with Gasteiger partial charge in [-0.15, -0.1) is 0 Å². The first-order valence-corrected chi connectivity index (χ1v) is 13.4. The second-order valence-corrected chi connectivity index (χ2v) is 10.4. The van der Waals surface area contributed by atoms with Gasteiger partial charge >= 0.3 is 5.97 Å². The van der Waals surface area contributed by atoms with Crippen LogP contribution in [-0.4, -0.2) is 86.9 Å². The summed E-state index contributed by atoms with van der Waals surface area (Å²) >= 11 is 0. The topological polar surface area (TPSA) is 125 Å². The van der Waals surface area contributed by atoms with E-state index in [2.05, 4.69) is 20.4 Å². The zero-order valence-corrected chi connectivity index (χ0v) is 22.3. The number of anilines is 2. The first-order chi connectivity index (χ1) is 18.8. The van der Waals surface area contributed by atoms with Gasteiger partial charge in [0.25, 0.3) is 0 Å². The number of carbonyl (C=O) groups is 2. The minimum Gasteiger partial charge on any atom is -0.466 e. The summed E-state index contributed by atoms with van der Waals surface area (Å²) in [6.45, 7) is 5.18. The maximum Gasteiger partial charge on any atom is 0.311 e. The van der Waals surface area contributed by atoms with Gasteiger partial charge in [0.2, 0.25) is 11.7 Å². The molecule has 0 bridgehead atoms. The predicted octanol–water partition coefficient (Wildman–Crippen LogP) is 2.50. The molecule has 5 heterocycles. The Morgan fingerprint density at radius 2 is 2.03 bits per heavy atom. The number of ether oxygens (including phenoxy) is 1. The Kier molecular flexibility index (Phi) is 7.65. The Morgan fingerprint density at radius 3 is 2.77 bits per heavy atom. The average Bonchev–Trinajstić information content (AvgIpc) is 3.39. The van der Waals surface area contributed by atoms with Crippen molar-refractivity contribution in [2.24, 2.45) is 5.41 Å². The number of pyridine rings is 1. The van der Waals surface area contributed by atoms with Crippen LogP contribution in [0.5, 0.6) is 0 Å². The monoisotopic (exact) mass is 539 g/mol. The van der Waals surface area contributed by atoms with Crippen molar-refractivity contribution in [3.8, 4) is 11.4 Å². The smallest absolute Gasteiger partial charge is 0.311 e. The number of aliphatic hydroxyl groups excluding tert-OH is 1. The number of nitrogens with one attached hydrogen (secondary N) is 1. The molecule has 0 radical (unpaired) electrons. The van der Waals surface area contributed by atoms with Crippen LogP contribution in [0.2, 0.25) is 0 Å². The molecule has 11 nitrogen and oxygen atoms in total. The van der Waals surface area contributed by atoms with E-state index in [4.69, 9.17) is 4.74 Å². The molecule has 2 fully saturated rings. The van der Waals surface area contributed by atoms with Crippen molar-refractivity contribution in [3.63, 3.8) is 0 Å². The average molecular weight is 540 g/mol. The Morgan fingerprint density at radius 1 is 1.23 bits per heavy atom. The van der Waals surface area contributed by atoms with Gasteiger partial charge in [0.15, 0.2) is 17.5 Å². The molecule has 0 unspecified atom stereocenters. The number of fused-ring (bicyclic) bond motifs is 1. The number of nitrogens with zero attached hydrogens (tertiary/aromatic N) is 6. The van der Waals surface area contributed by atoms with Gasteiger partial charge in [-0.25, -0.2) is 14.5 Å². The molecule has 3 aromatic heterocycles. The fourth-order valence-electron chi connectivity index (χ4n) is 5.30. The van der Waals surface area contributed by atoms with Crippen molar-refractivity contribution in [1.29, 1.82) is 0 Å². The van der Waals surface area contributed by atoms with Crippen LogP contribution >= 0.6 is 0 Å². The van der Waals surface area contributed by atoms with Crippen LogP contribution in [-0.2, 0) is 14.3 Å². The molecule has 0 saturated carbocycles. The van der Waals surface area contributed by atoms with Crippen molar-refractivity contribution >= 4 is 29.0 Å². The van der Waals surface area contributed by atoms with E-state index < -0.39 is 17.8 Å². The lowest BCUT2D eigenvalue weighted by Gasteiger charge is -2.38. The fourth-order valence-corrected chi connectivity index (χ4v) is 5.30. The number of carbonyl (C=O) groups excluding carboxylic acids is 2. The molecule has 2 aliphatic heterocycles. The second-order valence-electron chi connectivity index (χ2n) is 10.4. The molecule has 5 rings (SSSR count). The van der Waals surface area contributed by atoms with Crippen molar-refractivity contribution < 1.29 is 23.8 Å². The summed E-state index contributed by atoms with van der Waals surface area (Å²) in [7, 11) is 0. The summed E-state index contributed by atoms with van der Waals surface area (Å²) in [6.07, 6.45) is 5.93. The molecule has 2 saturated heterocycles. The van der Waals surface area contributed by atoms with Gasteiger partial charge in [0.05, 0.1) is 29.3 Å². The summed E-state index contributed by atoms with van der Waals surface area (Å²) in [4.78, 5) is 37.3. The number of hydrogen-bond donors (Lipinski definition) is 2. The van der Waals surface area contributed by atoms with Gasteiger partial charge in [-0.2, -0.15) is 9.49 Å². The lowest BCUT2D eigenvalue weighted by molar-refractivity contribution is -0.155. The highest BCUT2D eigenvalue weighted by atomic mass is 19.1. The van der Waals surface area contributed by atoms with E-state index in [0.717, 1.165) is 18.4 Å². The summed E-state index contributed by atoms with van der Waals surface area (Å²) in [5, 5.41) is 16.9. The van der Waals surface area contributed by atoms with Crippen LogP contribution in [0.25, 0.3) is 16.9 Å². The van der Waals surface area contributed by atoms with E-state index in [9.17, 15) is 14.7 Å². The minimum atomic E-state index is -0.632. The number of piperidine rings is 2. The molecule has 39 heavy (non-hydrogen) atoms. The van der Waals surface area contributed by atoms with E-state index in [0.29, 0.717) is 57.0 Å². The molecule has 0 aromatic carbocycles. The molecule has 12 heteroatoms. The van der Waals surface area contributed by atoms with Crippen molar-refractivity contribution in [2.75, 3.05) is 49.6 Å². The van der Waals surface area contributed by atoms with Gasteiger partial charge < -0.3 is 25.0 Å². The van der Waals surface area contributed by atoms with Crippen LogP contribution in [0.3, 0.4) is 0 Å². The van der Waals surface area contributed by atoms with Crippen molar-refractivity contribution in [3.05, 3.63) is 36.4 Å². The Labute approximate surface area is 226 Å². The van der Waals surface area contributed by atoms with Crippen LogP contribution in [0, 0.1) is 11.2 Å². The number of rotatable bonds is 7. The number of aliphatic hydroxyl groups is 1. The summed E-state index contributed by atoms with van der Waals surface area (Å²) in [5.74, 6) is -0.638. The zero-order chi connectivity index (χ0) is 27.6. The fraction of sp³-hybridized carbons (Fsp3) is 0.519. The maximum atomic E-state index is 16.1. The van der Waals surface area contributed by atoms with Crippen LogP contribution in [0.4, 0.5) is 16.0 Å². The van der Waals surface area contributed by atoms with E-state index in [1.165, 1.54) is 0 Å². The van der Waals surface area contributed by atoms with Crippen LogP contribution in [0.15, 0.2) is 30.6 Å². The molecule has 1 amide bonds. The molecule has 208 valence electrons. The van der Waals surface area contributed by atoms with Crippen molar-refractivity contribution in [1.82, 2.24) is 24.5 Å². The second kappa shape index (κ2) is 11.1. The van der Waals surface area contributed by atoms with E-state index >= 15 is 4.39 Å². The standard InChI is InChI=1S/C27H34FN7O4/c1-3-39-26(38)27(2)9-13-33(14-10-27)25-22(28)24(30-18-7-6-11-34(16-18)21(37)17-36)31-23(32-25)19-15-29-35-12-5-4-8-20(19)35/h4-5,8,12,15,18,36H,3,6-7,9-11,13-14,16-17H2,1-2H3,(H,30,31,32)/t18-/m1/s1. The number of aromatic nitrogens is 4. The Hall–Kier alpha value is -3.80. The summed E-state index contributed by atoms with van der Waals surface area (Å²) in [5.41, 5.74) is 0.814. The van der Waals surface area contributed by atoms with Crippen LogP contribution < -0.4 is 10.2 Å². The minimum absolute atomic E-state index is 0.0484. The zero-order valence-electron chi connectivity index (χ0n) is 22.3. The lowest BCUT2D eigenvalue weighted by Crippen LogP contribution is -2.46. The summed E-state index contributed by atoms with van der Waals surface area (Å²) < 4.78 is 23.1. The van der Waals surface area contributed by atoms with Gasteiger partial charge in [0, 0.05) is 38.4 Å². The Balaban J connectivity index is 1.48. The third-order valence-corrected chi connectivity index (χ3v) is 7.69. The molecule has 3 aromatic rings. The van der Waals surface area contributed by atoms with E-state index in [1.807, 2.05) is 36.2 Å². The van der Waals surface area contributed by atoms with Gasteiger partial charge in [-0.05, 0) is 51.7 Å². The van der Waals surface area contributed by atoms with Gasteiger partial charge in [0.1, 0.15) is 6.61 Å². The Bertz CT molecular complexity index is 1360. The number of likely N-dealkylation sites (tertiary alicyclic amines) is 1. The molecule has 0 spiro atoms. The third-order valence-electron chi connectivity index (χ3n) is 7.69. The quantitative estimate of drug-likeness (QED) is 0.436. The normalized spacial score (nSPS) is 19.2. The molecule has 1 atom stereocenters. The first kappa shape index (κ1) is 26.8. The SMILES string of the molecule is CCOC(=O)C1(C)CCN(c2nc(-c3cnn4ccccc34)nc(N[C@@H]3CCCN(C(=O)CO)C3)c2F)CC1. The largest absolute Gasteiger partial charge is 0.466 e. The molecule has 2 N–H and O–H groups in total. The number of amides is 1. The van der Waals surface area contributed by atoms with Gasteiger partial charge in [-0.1, -0.05) is 6.07 Å². The highest BCUT2D eigenvalue weighted by molar-refractivity contribution is 5.79. The predicted molar refractivity (Wildman–Crippen MR) is 143 cm³/mol. The van der Waals surface area contributed by atoms with E-state index in [-0.39, 0.29) is 29.6 Å². The van der Waals surface area contributed by atoms with Crippen LogP contribution in [0.1, 0.15) is 39.5 Å². The van der Waals surface area contributed by atoms with E-state index in [1.54, 1.807) is 22.5 Å². The van der Waals surface area contributed by atoms with Gasteiger partial charge in [-0.3, -0.25) is 9.59 Å². The first-order valence-electron chi connectivity index (χ1n) is 13.4. The number of esters is 1. The maximum absolute atomic E-state index is 16.1. The highest BCUT2D eigenvalue weighted by Gasteiger charge is 2.39. The van der Waals surface area contributed by atoms with Crippen molar-refractivity contribution in [2.45, 2.75) is 45.6 Å². The molecular weight excluding hydrogens is 505 g/mol. The lowest BCUT2D eigenvalue weighted by atomic mass is 9.80. The number of hydrogen-bond acceptors (Lipinski definition) is 9. The summed E-state index contributed by atoms with van der Waals surface area (Å²) in [6, 6.07) is 5.41. The molecule has 0 aliphatic carbocycles. The third kappa shape index (κ3) is 5.38. The molecule has 2 aliphatic rings. The molecular formula is C27H34FN7O4.